The summed E-state index contributed by atoms with van der Waals surface area (Å²) in [5, 5.41) is 12.0. The van der Waals surface area contributed by atoms with Crippen LogP contribution in [0.1, 0.15) is 68.2 Å². The van der Waals surface area contributed by atoms with Crippen LogP contribution in [0.25, 0.3) is 0 Å². The Labute approximate surface area is 127 Å². The molecule has 122 valence electrons. The van der Waals surface area contributed by atoms with E-state index < -0.39 is 22.2 Å². The molecule has 0 aromatic carbocycles. The molecule has 1 fully saturated rings. The largest absolute Gasteiger partial charge is 0.368 e. The fourth-order valence-electron chi connectivity index (χ4n) is 2.52. The zero-order valence-corrected chi connectivity index (χ0v) is 14.5. The number of hydrogen-bond acceptors (Lipinski definition) is 4. The number of carbonyl (C=O) groups is 2. The zero-order chi connectivity index (χ0) is 16.9. The summed E-state index contributed by atoms with van der Waals surface area (Å²) in [5.74, 6) is -0.314. The predicted octanol–water partition coefficient (Wildman–Crippen LogP) is 2.67. The number of Topliss-reactive ketones (excluding diaryl/α,β-unsaturated/α-hetero) is 1. The van der Waals surface area contributed by atoms with Crippen LogP contribution in [-0.4, -0.2) is 33.2 Å². The molecule has 5 nitrogen and oxygen atoms in total. The summed E-state index contributed by atoms with van der Waals surface area (Å²) >= 11 is 0. The monoisotopic (exact) mass is 299 g/mol. The summed E-state index contributed by atoms with van der Waals surface area (Å²) in [4.78, 5) is 29.9. The molecule has 2 atom stereocenters. The fraction of sp³-hybridized carbons (Fsp3) is 0.875. The molecule has 0 aliphatic carbocycles. The summed E-state index contributed by atoms with van der Waals surface area (Å²) < 4.78 is 0. The van der Waals surface area contributed by atoms with Gasteiger partial charge in [0.25, 0.3) is 0 Å². The van der Waals surface area contributed by atoms with Crippen LogP contribution in [-0.2, 0) is 14.4 Å². The standard InChI is InChI=1S/C16H29NO4/c1-11(18)17-16(20,14(5,6)7)10-15(8,21-17)9-12(19)13(2,3)4/h20H,9-10H2,1-8H3/t15-,16-/m1/s1. The van der Waals surface area contributed by atoms with Crippen molar-refractivity contribution in [1.82, 2.24) is 5.06 Å². The Morgan fingerprint density at radius 3 is 1.95 bits per heavy atom. The van der Waals surface area contributed by atoms with Gasteiger partial charge >= 0.3 is 0 Å². The van der Waals surface area contributed by atoms with Gasteiger partial charge in [-0.25, -0.2) is 0 Å². The smallest absolute Gasteiger partial charge is 0.245 e. The highest BCUT2D eigenvalue weighted by atomic mass is 16.7. The van der Waals surface area contributed by atoms with Crippen LogP contribution in [0.3, 0.4) is 0 Å². The Morgan fingerprint density at radius 2 is 1.67 bits per heavy atom. The number of hydrogen-bond donors (Lipinski definition) is 1. The fourth-order valence-corrected chi connectivity index (χ4v) is 2.52. The molecule has 0 bridgehead atoms. The van der Waals surface area contributed by atoms with Crippen molar-refractivity contribution in [3.05, 3.63) is 0 Å². The first kappa shape index (κ1) is 18.1. The molecule has 21 heavy (non-hydrogen) atoms. The van der Waals surface area contributed by atoms with Crippen molar-refractivity contribution in [3.8, 4) is 0 Å². The first-order valence-electron chi connectivity index (χ1n) is 7.38. The van der Waals surface area contributed by atoms with Crippen LogP contribution in [0.5, 0.6) is 0 Å². The lowest BCUT2D eigenvalue weighted by atomic mass is 9.75. The lowest BCUT2D eigenvalue weighted by Crippen LogP contribution is -2.54. The topological polar surface area (TPSA) is 66.8 Å². The maximum absolute atomic E-state index is 12.3. The minimum absolute atomic E-state index is 0.0478. The quantitative estimate of drug-likeness (QED) is 0.851. The maximum Gasteiger partial charge on any atom is 0.245 e. The van der Waals surface area contributed by atoms with E-state index in [1.165, 1.54) is 6.92 Å². The highest BCUT2D eigenvalue weighted by molar-refractivity contribution is 5.84. The molecular formula is C16H29NO4. The van der Waals surface area contributed by atoms with Crippen molar-refractivity contribution in [1.29, 1.82) is 0 Å². The molecule has 0 spiro atoms. The number of ketones is 1. The van der Waals surface area contributed by atoms with Gasteiger partial charge in [-0.1, -0.05) is 41.5 Å². The van der Waals surface area contributed by atoms with Crippen LogP contribution in [0.4, 0.5) is 0 Å². The number of aliphatic hydroxyl groups is 1. The van der Waals surface area contributed by atoms with Crippen LogP contribution in [0.2, 0.25) is 0 Å². The van der Waals surface area contributed by atoms with Gasteiger partial charge in [-0.05, 0) is 6.92 Å². The van der Waals surface area contributed by atoms with Crippen molar-refractivity contribution in [2.45, 2.75) is 79.6 Å². The van der Waals surface area contributed by atoms with E-state index in [0.29, 0.717) is 0 Å². The molecule has 1 heterocycles. The Balaban J connectivity index is 3.10. The highest BCUT2D eigenvalue weighted by Gasteiger charge is 2.59. The lowest BCUT2D eigenvalue weighted by Gasteiger charge is -2.40. The summed E-state index contributed by atoms with van der Waals surface area (Å²) in [6.07, 6.45) is 0.379. The second-order valence-electron chi connectivity index (χ2n) is 8.45. The Kier molecular flexibility index (Phi) is 4.36. The molecule has 0 aromatic heterocycles. The van der Waals surface area contributed by atoms with Crippen LogP contribution in [0, 0.1) is 10.8 Å². The van der Waals surface area contributed by atoms with Gasteiger partial charge in [-0.15, -0.1) is 0 Å². The zero-order valence-electron chi connectivity index (χ0n) is 14.5. The van der Waals surface area contributed by atoms with Gasteiger partial charge in [0.1, 0.15) is 11.4 Å². The van der Waals surface area contributed by atoms with E-state index in [1.54, 1.807) is 6.92 Å². The molecular weight excluding hydrogens is 270 g/mol. The summed E-state index contributed by atoms with van der Waals surface area (Å²) in [6, 6.07) is 0. The average molecular weight is 299 g/mol. The summed E-state index contributed by atoms with van der Waals surface area (Å²) in [5.41, 5.74) is -3.36. The minimum Gasteiger partial charge on any atom is -0.368 e. The molecule has 0 saturated carbocycles. The van der Waals surface area contributed by atoms with E-state index >= 15 is 0 Å². The number of hydroxylamine groups is 2. The molecule has 0 radical (unpaired) electrons. The Bertz CT molecular complexity index is 446. The third-order valence-corrected chi connectivity index (χ3v) is 4.13. The van der Waals surface area contributed by atoms with Gasteiger partial charge < -0.3 is 5.11 Å². The van der Waals surface area contributed by atoms with Crippen LogP contribution >= 0.6 is 0 Å². The van der Waals surface area contributed by atoms with E-state index in [2.05, 4.69) is 0 Å². The molecule has 1 aliphatic heterocycles. The second kappa shape index (κ2) is 5.06. The molecule has 5 heteroatoms. The first-order valence-corrected chi connectivity index (χ1v) is 7.38. The van der Waals surface area contributed by atoms with Crippen molar-refractivity contribution in [2.24, 2.45) is 10.8 Å². The number of carbonyl (C=O) groups excluding carboxylic acids is 2. The Hall–Kier alpha value is -0.940. The molecule has 1 N–H and O–H groups in total. The van der Waals surface area contributed by atoms with Gasteiger partial charge in [0.2, 0.25) is 5.91 Å². The van der Waals surface area contributed by atoms with Crippen LogP contribution < -0.4 is 0 Å². The number of amides is 1. The SMILES string of the molecule is CC(=O)N1O[C@](C)(CC(=O)C(C)(C)C)C[C@@]1(O)C(C)(C)C. The van der Waals surface area contributed by atoms with Crippen molar-refractivity contribution in [3.63, 3.8) is 0 Å². The van der Waals surface area contributed by atoms with Crippen molar-refractivity contribution < 1.29 is 19.5 Å². The third kappa shape index (κ3) is 3.46. The molecule has 1 rings (SSSR count). The molecule has 0 unspecified atom stereocenters. The van der Waals surface area contributed by atoms with Gasteiger partial charge in [0.05, 0.1) is 0 Å². The maximum atomic E-state index is 12.3. The predicted molar refractivity (Wildman–Crippen MR) is 80.1 cm³/mol. The van der Waals surface area contributed by atoms with Gasteiger partial charge in [-0.3, -0.25) is 14.4 Å². The highest BCUT2D eigenvalue weighted by Crippen LogP contribution is 2.48. The average Bonchev–Trinajstić information content (AvgIpc) is 2.49. The first-order chi connectivity index (χ1) is 9.12. The second-order valence-corrected chi connectivity index (χ2v) is 8.45. The third-order valence-electron chi connectivity index (χ3n) is 4.13. The normalized spacial score (nSPS) is 30.6. The lowest BCUT2D eigenvalue weighted by molar-refractivity contribution is -0.275. The molecule has 1 aliphatic rings. The van der Waals surface area contributed by atoms with E-state index in [-0.39, 0.29) is 24.5 Å². The van der Waals surface area contributed by atoms with Gasteiger partial charge in [0.15, 0.2) is 5.72 Å². The molecule has 0 aromatic rings. The van der Waals surface area contributed by atoms with E-state index in [0.717, 1.165) is 5.06 Å². The van der Waals surface area contributed by atoms with Crippen LogP contribution in [0.15, 0.2) is 0 Å². The molecule has 1 saturated heterocycles. The summed E-state index contributed by atoms with van der Waals surface area (Å²) in [6.45, 7) is 14.2. The minimum atomic E-state index is -1.42. The van der Waals surface area contributed by atoms with Crippen molar-refractivity contribution in [2.75, 3.05) is 0 Å². The number of nitrogens with zero attached hydrogens (tertiary/aromatic N) is 1. The van der Waals surface area contributed by atoms with Gasteiger partial charge in [0, 0.05) is 30.6 Å². The Morgan fingerprint density at radius 1 is 1.19 bits per heavy atom. The van der Waals surface area contributed by atoms with Crippen molar-refractivity contribution >= 4 is 11.7 Å². The van der Waals surface area contributed by atoms with E-state index in [9.17, 15) is 14.7 Å². The van der Waals surface area contributed by atoms with Gasteiger partial charge in [-0.2, -0.15) is 5.06 Å². The number of rotatable bonds is 2. The molecule has 1 amide bonds. The summed E-state index contributed by atoms with van der Waals surface area (Å²) in [7, 11) is 0. The van der Waals surface area contributed by atoms with E-state index in [4.69, 9.17) is 4.84 Å². The van der Waals surface area contributed by atoms with E-state index in [1.807, 2.05) is 41.5 Å².